The Morgan fingerprint density at radius 1 is 1.38 bits per heavy atom. The van der Waals surface area contributed by atoms with E-state index in [1.54, 1.807) is 30.7 Å². The van der Waals surface area contributed by atoms with Gasteiger partial charge in [0.05, 0.1) is 11.5 Å². The molecule has 0 radical (unpaired) electrons. The molecular weight excluding hydrogens is 306 g/mol. The summed E-state index contributed by atoms with van der Waals surface area (Å²) in [4.78, 5) is 16.9. The summed E-state index contributed by atoms with van der Waals surface area (Å²) in [6.45, 7) is 1.83. The molecule has 0 spiro atoms. The Labute approximate surface area is 132 Å². The van der Waals surface area contributed by atoms with Crippen LogP contribution in [0.5, 0.6) is 0 Å². The maximum Gasteiger partial charge on any atom is 0.253 e. The van der Waals surface area contributed by atoms with Crippen molar-refractivity contribution in [3.63, 3.8) is 0 Å². The lowest BCUT2D eigenvalue weighted by Gasteiger charge is -2.09. The zero-order chi connectivity index (χ0) is 15.1. The largest absolute Gasteiger partial charge is 0.272 e. The van der Waals surface area contributed by atoms with E-state index in [0.717, 1.165) is 10.5 Å². The lowest BCUT2D eigenvalue weighted by atomic mass is 10.3. The van der Waals surface area contributed by atoms with Crippen molar-refractivity contribution in [2.75, 3.05) is 0 Å². The highest BCUT2D eigenvalue weighted by Gasteiger charge is 2.13. The first-order valence-electron chi connectivity index (χ1n) is 6.30. The van der Waals surface area contributed by atoms with E-state index in [1.165, 1.54) is 11.8 Å². The number of nitrogens with one attached hydrogen (secondary N) is 1. The first-order valence-corrected chi connectivity index (χ1v) is 7.56. The van der Waals surface area contributed by atoms with Gasteiger partial charge in [-0.2, -0.15) is 5.10 Å². The number of halogens is 1. The fraction of sp³-hybridized carbons (Fsp3) is 0.133. The zero-order valence-electron chi connectivity index (χ0n) is 11.4. The highest BCUT2D eigenvalue weighted by atomic mass is 35.5. The number of benzene rings is 1. The van der Waals surface area contributed by atoms with Gasteiger partial charge in [0.1, 0.15) is 0 Å². The molecule has 21 heavy (non-hydrogen) atoms. The molecule has 1 aromatic carbocycles. The fourth-order valence-corrected chi connectivity index (χ4v) is 2.47. The van der Waals surface area contributed by atoms with E-state index in [2.05, 4.69) is 15.5 Å². The number of hydrogen-bond acceptors (Lipinski definition) is 4. The third kappa shape index (κ3) is 5.21. The smallest absolute Gasteiger partial charge is 0.253 e. The number of amides is 1. The van der Waals surface area contributed by atoms with Crippen molar-refractivity contribution in [1.82, 2.24) is 10.4 Å². The van der Waals surface area contributed by atoms with Crippen molar-refractivity contribution in [1.29, 1.82) is 0 Å². The van der Waals surface area contributed by atoms with Gasteiger partial charge in [0.15, 0.2) is 0 Å². The van der Waals surface area contributed by atoms with Crippen LogP contribution in [0.2, 0.25) is 5.02 Å². The molecule has 4 nitrogen and oxygen atoms in total. The lowest BCUT2D eigenvalue weighted by Crippen LogP contribution is -2.26. The number of rotatable bonds is 5. The van der Waals surface area contributed by atoms with Gasteiger partial charge in [-0.3, -0.25) is 9.78 Å². The summed E-state index contributed by atoms with van der Waals surface area (Å²) in [6, 6.07) is 11.0. The van der Waals surface area contributed by atoms with E-state index in [-0.39, 0.29) is 11.2 Å². The van der Waals surface area contributed by atoms with E-state index in [4.69, 9.17) is 11.6 Å². The minimum Gasteiger partial charge on any atom is -0.272 e. The molecule has 1 amide bonds. The molecule has 1 heterocycles. The van der Waals surface area contributed by atoms with Crippen molar-refractivity contribution in [3.8, 4) is 0 Å². The summed E-state index contributed by atoms with van der Waals surface area (Å²) in [7, 11) is 0. The van der Waals surface area contributed by atoms with Crippen LogP contribution in [0.25, 0.3) is 0 Å². The number of pyridine rings is 1. The third-order valence-corrected chi connectivity index (χ3v) is 3.93. The molecule has 0 saturated heterocycles. The van der Waals surface area contributed by atoms with Crippen molar-refractivity contribution in [2.24, 2.45) is 5.10 Å². The molecule has 6 heteroatoms. The third-order valence-electron chi connectivity index (χ3n) is 2.57. The summed E-state index contributed by atoms with van der Waals surface area (Å²) < 4.78 is 0. The normalized spacial score (nSPS) is 12.3. The summed E-state index contributed by atoms with van der Waals surface area (Å²) in [5.41, 5.74) is 3.35. The molecule has 0 saturated carbocycles. The Morgan fingerprint density at radius 3 is 2.81 bits per heavy atom. The zero-order valence-corrected chi connectivity index (χ0v) is 12.9. The van der Waals surface area contributed by atoms with Crippen molar-refractivity contribution >= 4 is 35.5 Å². The van der Waals surface area contributed by atoms with Crippen LogP contribution >= 0.6 is 23.4 Å². The summed E-state index contributed by atoms with van der Waals surface area (Å²) in [6.07, 6.45) is 4.91. The molecule has 1 aromatic heterocycles. The van der Waals surface area contributed by atoms with Crippen LogP contribution in [0.15, 0.2) is 58.8 Å². The number of thioether (sulfide) groups is 1. The second kappa shape index (κ2) is 7.81. The van der Waals surface area contributed by atoms with Crippen molar-refractivity contribution < 1.29 is 4.79 Å². The number of carbonyl (C=O) groups excluding carboxylic acids is 1. The average Bonchev–Trinajstić information content (AvgIpc) is 2.50. The van der Waals surface area contributed by atoms with Gasteiger partial charge in [-0.25, -0.2) is 5.43 Å². The Morgan fingerprint density at radius 2 is 2.14 bits per heavy atom. The number of nitrogens with zero attached hydrogens (tertiary/aromatic N) is 2. The highest BCUT2D eigenvalue weighted by molar-refractivity contribution is 8.00. The van der Waals surface area contributed by atoms with Crippen LogP contribution in [0.4, 0.5) is 0 Å². The van der Waals surface area contributed by atoms with Crippen molar-refractivity contribution in [2.45, 2.75) is 17.1 Å². The van der Waals surface area contributed by atoms with Gasteiger partial charge in [0.2, 0.25) is 0 Å². The second-order valence-electron chi connectivity index (χ2n) is 4.23. The predicted molar refractivity (Wildman–Crippen MR) is 86.7 cm³/mol. The molecular formula is C15H14ClN3OS. The standard InChI is InChI=1S/C15H14ClN3OS/c1-11(21-14-6-4-13(16)5-7-14)15(20)19-18-10-12-3-2-8-17-9-12/h2-11H,1H3,(H,19,20)/b18-10-/t11-/m0/s1. The maximum absolute atomic E-state index is 11.9. The van der Waals surface area contributed by atoms with Crippen LogP contribution < -0.4 is 5.43 Å². The second-order valence-corrected chi connectivity index (χ2v) is 6.09. The Bertz CT molecular complexity index is 617. The molecule has 2 rings (SSSR count). The van der Waals surface area contributed by atoms with Crippen LogP contribution in [-0.2, 0) is 4.79 Å². The summed E-state index contributed by atoms with van der Waals surface area (Å²) in [5, 5.41) is 4.35. The van der Waals surface area contributed by atoms with Crippen LogP contribution in [0.1, 0.15) is 12.5 Å². The van der Waals surface area contributed by atoms with Gasteiger partial charge in [0, 0.05) is 27.9 Å². The quantitative estimate of drug-likeness (QED) is 0.522. The summed E-state index contributed by atoms with van der Waals surface area (Å²) >= 11 is 7.27. The van der Waals surface area contributed by atoms with Gasteiger partial charge < -0.3 is 0 Å². The van der Waals surface area contributed by atoms with Gasteiger partial charge in [-0.1, -0.05) is 17.7 Å². The monoisotopic (exact) mass is 319 g/mol. The minimum atomic E-state index is -0.253. The first-order chi connectivity index (χ1) is 10.1. The van der Waals surface area contributed by atoms with Gasteiger partial charge in [-0.05, 0) is 37.3 Å². The van der Waals surface area contributed by atoms with Gasteiger partial charge >= 0.3 is 0 Å². The predicted octanol–water partition coefficient (Wildman–Crippen LogP) is 3.37. The first kappa shape index (κ1) is 15.5. The van der Waals surface area contributed by atoms with Gasteiger partial charge in [-0.15, -0.1) is 11.8 Å². The van der Waals surface area contributed by atoms with E-state index in [9.17, 15) is 4.79 Å². The minimum absolute atomic E-state index is 0.157. The number of carbonyl (C=O) groups is 1. The number of aromatic nitrogens is 1. The fourth-order valence-electron chi connectivity index (χ4n) is 1.48. The topological polar surface area (TPSA) is 54.4 Å². The maximum atomic E-state index is 11.9. The molecule has 0 aliphatic rings. The molecule has 1 atom stereocenters. The Hall–Kier alpha value is -1.85. The highest BCUT2D eigenvalue weighted by Crippen LogP contribution is 2.24. The average molecular weight is 320 g/mol. The molecule has 0 unspecified atom stereocenters. The molecule has 0 fully saturated rings. The van der Waals surface area contributed by atoms with Crippen LogP contribution in [0.3, 0.4) is 0 Å². The van der Waals surface area contributed by atoms with E-state index < -0.39 is 0 Å². The molecule has 108 valence electrons. The molecule has 0 aliphatic heterocycles. The van der Waals surface area contributed by atoms with Crippen LogP contribution in [-0.4, -0.2) is 22.4 Å². The molecule has 0 bridgehead atoms. The lowest BCUT2D eigenvalue weighted by molar-refractivity contribution is -0.120. The van der Waals surface area contributed by atoms with E-state index >= 15 is 0 Å². The molecule has 0 aliphatic carbocycles. The number of hydrogen-bond donors (Lipinski definition) is 1. The van der Waals surface area contributed by atoms with Crippen molar-refractivity contribution in [3.05, 3.63) is 59.4 Å². The SMILES string of the molecule is C[C@H](Sc1ccc(Cl)cc1)C(=O)N/N=C\c1cccnc1. The molecule has 1 N–H and O–H groups in total. The summed E-state index contributed by atoms with van der Waals surface area (Å²) in [5.74, 6) is -0.157. The Kier molecular flexibility index (Phi) is 5.78. The number of hydrazone groups is 1. The van der Waals surface area contributed by atoms with Crippen LogP contribution in [0, 0.1) is 0 Å². The Balaban J connectivity index is 1.85. The van der Waals surface area contributed by atoms with Gasteiger partial charge in [0.25, 0.3) is 5.91 Å². The van der Waals surface area contributed by atoms with E-state index in [0.29, 0.717) is 5.02 Å². The molecule has 2 aromatic rings. The van der Waals surface area contributed by atoms with E-state index in [1.807, 2.05) is 31.2 Å².